The molecule has 9 heteroatoms. The van der Waals surface area contributed by atoms with Crippen molar-refractivity contribution in [1.29, 1.82) is 0 Å². The summed E-state index contributed by atoms with van der Waals surface area (Å²) in [6.07, 6.45) is 0.974. The Labute approximate surface area is 108 Å². The molecule has 0 aromatic heterocycles. The van der Waals surface area contributed by atoms with E-state index in [1.807, 2.05) is 0 Å². The minimum absolute atomic E-state index is 0.361. The maximum atomic E-state index is 13.5. The molecule has 0 amide bonds. The zero-order valence-corrected chi connectivity index (χ0v) is 11.0. The van der Waals surface area contributed by atoms with Gasteiger partial charge in [0, 0.05) is 18.4 Å². The Hall–Kier alpha value is -1.77. The largest absolute Gasteiger partial charge is 0.374 e. The highest BCUT2D eigenvalue weighted by atomic mass is 32.2. The van der Waals surface area contributed by atoms with E-state index in [-0.39, 0.29) is 5.75 Å². The monoisotopic (exact) mass is 294 g/mol. The molecule has 1 N–H and O–H groups in total. The van der Waals surface area contributed by atoms with Crippen LogP contribution in [0.3, 0.4) is 0 Å². The molecule has 1 aromatic carbocycles. The smallest absolute Gasteiger partial charge is 0.295 e. The maximum absolute atomic E-state index is 13.5. The fourth-order valence-corrected chi connectivity index (χ4v) is 2.56. The number of hydrogen-bond donors (Lipinski definition) is 1. The van der Waals surface area contributed by atoms with Crippen LogP contribution in [0.1, 0.15) is 6.92 Å². The number of nitrogens with one attached hydrogen (secondary N) is 1. The van der Waals surface area contributed by atoms with Gasteiger partial charge in [-0.05, 0) is 13.0 Å². The molecule has 0 heterocycles. The van der Waals surface area contributed by atoms with E-state index in [1.165, 1.54) is 6.92 Å². The van der Waals surface area contributed by atoms with Gasteiger partial charge in [-0.3, -0.25) is 10.1 Å². The van der Waals surface area contributed by atoms with Crippen molar-refractivity contribution in [2.45, 2.75) is 13.0 Å². The van der Waals surface area contributed by atoms with Crippen LogP contribution in [0.25, 0.3) is 0 Å². The van der Waals surface area contributed by atoms with Gasteiger partial charge in [-0.2, -0.15) is 0 Å². The minimum atomic E-state index is -3.35. The predicted octanol–water partition coefficient (Wildman–Crippen LogP) is 1.72. The van der Waals surface area contributed by atoms with Gasteiger partial charge >= 0.3 is 0 Å². The Kier molecular flexibility index (Phi) is 4.40. The summed E-state index contributed by atoms with van der Waals surface area (Å²) in [4.78, 5) is 9.83. The van der Waals surface area contributed by atoms with Crippen molar-refractivity contribution in [2.75, 3.05) is 17.3 Å². The van der Waals surface area contributed by atoms with E-state index in [1.54, 1.807) is 0 Å². The molecule has 1 unspecified atom stereocenters. The number of nitro groups is 1. The predicted molar refractivity (Wildman–Crippen MR) is 65.8 cm³/mol. The first kappa shape index (κ1) is 15.3. The maximum Gasteiger partial charge on any atom is 0.295 e. The number of rotatable bonds is 5. The van der Waals surface area contributed by atoms with Gasteiger partial charge in [0.25, 0.3) is 5.69 Å². The Bertz CT molecular complexity index is 604. The van der Waals surface area contributed by atoms with Gasteiger partial charge in [0.05, 0.1) is 10.7 Å². The number of benzene rings is 1. The first-order valence-corrected chi connectivity index (χ1v) is 7.24. The van der Waals surface area contributed by atoms with E-state index in [9.17, 15) is 27.3 Å². The second-order valence-electron chi connectivity index (χ2n) is 4.15. The van der Waals surface area contributed by atoms with E-state index in [0.717, 1.165) is 12.3 Å². The Morgan fingerprint density at radius 2 is 2.00 bits per heavy atom. The molecule has 1 aromatic rings. The van der Waals surface area contributed by atoms with Crippen LogP contribution in [0.2, 0.25) is 0 Å². The molecular formula is C10H12F2N2O4S. The van der Waals surface area contributed by atoms with E-state index in [0.29, 0.717) is 6.07 Å². The van der Waals surface area contributed by atoms with Crippen molar-refractivity contribution in [3.63, 3.8) is 0 Å². The SMILES string of the molecule is CC(CS(C)(=O)=O)Nc1c([N+](=O)[O-])ccc(F)c1F. The number of hydrogen-bond acceptors (Lipinski definition) is 5. The second-order valence-corrected chi connectivity index (χ2v) is 6.34. The number of nitro benzene ring substituents is 1. The fraction of sp³-hybridized carbons (Fsp3) is 0.400. The van der Waals surface area contributed by atoms with Crippen LogP contribution in [-0.2, 0) is 9.84 Å². The molecule has 19 heavy (non-hydrogen) atoms. The number of sulfone groups is 1. The summed E-state index contributed by atoms with van der Waals surface area (Å²) in [6.45, 7) is 1.40. The third kappa shape index (κ3) is 4.12. The quantitative estimate of drug-likeness (QED) is 0.659. The first-order chi connectivity index (χ1) is 8.61. The lowest BCUT2D eigenvalue weighted by Crippen LogP contribution is -2.26. The molecule has 1 atom stereocenters. The lowest BCUT2D eigenvalue weighted by Gasteiger charge is -2.15. The average molecular weight is 294 g/mol. The second kappa shape index (κ2) is 5.47. The summed E-state index contributed by atoms with van der Waals surface area (Å²) in [5, 5.41) is 13.0. The van der Waals surface area contributed by atoms with Crippen molar-refractivity contribution in [3.05, 3.63) is 33.9 Å². The van der Waals surface area contributed by atoms with Crippen molar-refractivity contribution in [3.8, 4) is 0 Å². The summed E-state index contributed by atoms with van der Waals surface area (Å²) in [7, 11) is -3.35. The van der Waals surface area contributed by atoms with Gasteiger partial charge in [-0.25, -0.2) is 17.2 Å². The van der Waals surface area contributed by atoms with Crippen LogP contribution in [-0.4, -0.2) is 31.4 Å². The van der Waals surface area contributed by atoms with Crippen LogP contribution >= 0.6 is 0 Å². The molecule has 0 saturated heterocycles. The Morgan fingerprint density at radius 3 is 2.47 bits per heavy atom. The van der Waals surface area contributed by atoms with E-state index in [2.05, 4.69) is 5.32 Å². The first-order valence-electron chi connectivity index (χ1n) is 5.18. The number of anilines is 1. The lowest BCUT2D eigenvalue weighted by atomic mass is 10.2. The number of halogens is 2. The number of nitrogens with zero attached hydrogens (tertiary/aromatic N) is 1. The Balaban J connectivity index is 3.12. The fourth-order valence-electron chi connectivity index (χ4n) is 1.57. The van der Waals surface area contributed by atoms with E-state index < -0.39 is 43.8 Å². The molecule has 0 radical (unpaired) electrons. The highest BCUT2D eigenvalue weighted by molar-refractivity contribution is 7.90. The molecular weight excluding hydrogens is 282 g/mol. The molecule has 0 bridgehead atoms. The minimum Gasteiger partial charge on any atom is -0.374 e. The summed E-state index contributed by atoms with van der Waals surface area (Å²) < 4.78 is 48.7. The molecule has 6 nitrogen and oxygen atoms in total. The van der Waals surface area contributed by atoms with Gasteiger partial charge < -0.3 is 5.32 Å². The van der Waals surface area contributed by atoms with E-state index in [4.69, 9.17) is 0 Å². The van der Waals surface area contributed by atoms with Gasteiger partial charge in [0.15, 0.2) is 17.3 Å². The topological polar surface area (TPSA) is 89.3 Å². The third-order valence-corrected chi connectivity index (χ3v) is 3.32. The highest BCUT2D eigenvalue weighted by Crippen LogP contribution is 2.29. The molecule has 0 fully saturated rings. The average Bonchev–Trinajstić information content (AvgIpc) is 2.21. The van der Waals surface area contributed by atoms with Crippen molar-refractivity contribution in [2.24, 2.45) is 0 Å². The molecule has 0 aliphatic carbocycles. The van der Waals surface area contributed by atoms with Crippen molar-refractivity contribution >= 4 is 21.2 Å². The summed E-state index contributed by atoms with van der Waals surface area (Å²) in [6, 6.07) is 0.651. The molecule has 0 aliphatic rings. The van der Waals surface area contributed by atoms with Crippen LogP contribution < -0.4 is 5.32 Å². The summed E-state index contributed by atoms with van der Waals surface area (Å²) >= 11 is 0. The van der Waals surface area contributed by atoms with Gasteiger partial charge in [-0.15, -0.1) is 0 Å². The van der Waals surface area contributed by atoms with Crippen LogP contribution in [0.5, 0.6) is 0 Å². The molecule has 0 aliphatic heterocycles. The molecule has 0 spiro atoms. The Morgan fingerprint density at radius 1 is 1.42 bits per heavy atom. The van der Waals surface area contributed by atoms with Crippen LogP contribution in [0.4, 0.5) is 20.2 Å². The molecule has 106 valence electrons. The normalized spacial score (nSPS) is 13.1. The molecule has 0 saturated carbocycles. The van der Waals surface area contributed by atoms with Gasteiger partial charge in [0.1, 0.15) is 9.84 Å². The van der Waals surface area contributed by atoms with Crippen LogP contribution in [0, 0.1) is 21.7 Å². The standard InChI is InChI=1S/C10H12F2N2O4S/c1-6(5-19(2,17)18)13-10-8(14(15)16)4-3-7(11)9(10)12/h3-4,6,13H,5H2,1-2H3. The highest BCUT2D eigenvalue weighted by Gasteiger charge is 2.23. The zero-order valence-electron chi connectivity index (χ0n) is 10.2. The molecule has 1 rings (SSSR count). The van der Waals surface area contributed by atoms with Crippen LogP contribution in [0.15, 0.2) is 12.1 Å². The summed E-state index contributed by atoms with van der Waals surface area (Å²) in [5.41, 5.74) is -1.31. The van der Waals surface area contributed by atoms with Crippen molar-refractivity contribution in [1.82, 2.24) is 0 Å². The van der Waals surface area contributed by atoms with E-state index >= 15 is 0 Å². The van der Waals surface area contributed by atoms with Gasteiger partial charge in [0.2, 0.25) is 0 Å². The lowest BCUT2D eigenvalue weighted by molar-refractivity contribution is -0.384. The zero-order chi connectivity index (χ0) is 14.8. The van der Waals surface area contributed by atoms with Crippen molar-refractivity contribution < 1.29 is 22.1 Å². The van der Waals surface area contributed by atoms with Gasteiger partial charge in [-0.1, -0.05) is 0 Å². The summed E-state index contributed by atoms with van der Waals surface area (Å²) in [5.74, 6) is -3.02. The third-order valence-electron chi connectivity index (χ3n) is 2.21.